The van der Waals surface area contributed by atoms with E-state index in [0.717, 1.165) is 6.07 Å². The van der Waals surface area contributed by atoms with Crippen LogP contribution in [-0.4, -0.2) is 89.6 Å². The van der Waals surface area contributed by atoms with Crippen LogP contribution in [-0.2, 0) is 9.47 Å². The van der Waals surface area contributed by atoms with Crippen molar-refractivity contribution in [2.24, 2.45) is 0 Å². The molecule has 0 bridgehead atoms. The van der Waals surface area contributed by atoms with Gasteiger partial charge in [0.25, 0.3) is 5.91 Å². The van der Waals surface area contributed by atoms with Crippen LogP contribution in [0.25, 0.3) is 11.3 Å². The van der Waals surface area contributed by atoms with Crippen LogP contribution in [0, 0.1) is 17.1 Å². The van der Waals surface area contributed by atoms with Gasteiger partial charge in [-0.05, 0) is 76.6 Å². The lowest BCUT2D eigenvalue weighted by Crippen LogP contribution is -2.62. The third-order valence-corrected chi connectivity index (χ3v) is 8.42. The number of pyridine rings is 2. The number of likely N-dealkylation sites (tertiary alicyclic amines) is 1. The van der Waals surface area contributed by atoms with Crippen molar-refractivity contribution in [2.45, 2.75) is 77.7 Å². The van der Waals surface area contributed by atoms with Gasteiger partial charge < -0.3 is 34.1 Å². The number of rotatable bonds is 8. The predicted octanol–water partition coefficient (Wildman–Crippen LogP) is 5.75. The number of carbonyl (C=O) groups is 2. The van der Waals surface area contributed by atoms with Gasteiger partial charge in [-0.3, -0.25) is 4.79 Å². The molecule has 0 saturated carbocycles. The lowest BCUT2D eigenvalue weighted by Gasteiger charge is -2.48. The average Bonchev–Trinajstić information content (AvgIpc) is 3.73. The molecular weight excluding hydrogens is 643 g/mol. The molecule has 0 radical (unpaired) electrons. The number of nitriles is 1. The quantitative estimate of drug-likeness (QED) is 0.312. The summed E-state index contributed by atoms with van der Waals surface area (Å²) in [6.45, 7) is 13.9. The second-order valence-corrected chi connectivity index (χ2v) is 13.3. The van der Waals surface area contributed by atoms with Gasteiger partial charge in [0.05, 0.1) is 35.7 Å². The molecule has 1 N–H and O–H groups in total. The molecular formula is C37H45FN6O6. The molecule has 3 aromatic rings. The minimum atomic E-state index is -0.616. The smallest absolute Gasteiger partial charge is 0.410 e. The molecule has 2 amide bonds. The second kappa shape index (κ2) is 15.3. The Morgan fingerprint density at radius 2 is 1.96 bits per heavy atom. The first-order valence-electron chi connectivity index (χ1n) is 17.1. The molecule has 3 saturated heterocycles. The molecule has 3 aliphatic rings. The van der Waals surface area contributed by atoms with E-state index in [4.69, 9.17) is 23.9 Å². The third kappa shape index (κ3) is 8.25. The van der Waals surface area contributed by atoms with Crippen LogP contribution in [0.4, 0.5) is 14.9 Å². The molecule has 1 aromatic carbocycles. The molecule has 2 atom stereocenters. The van der Waals surface area contributed by atoms with E-state index in [9.17, 15) is 19.2 Å². The largest absolute Gasteiger partial charge is 0.487 e. The number of nitrogens with zero attached hydrogens (tertiary/aromatic N) is 5. The summed E-state index contributed by atoms with van der Waals surface area (Å²) < 4.78 is 37.1. The lowest BCUT2D eigenvalue weighted by molar-refractivity contribution is -0.0196. The van der Waals surface area contributed by atoms with Gasteiger partial charge in [-0.15, -0.1) is 0 Å². The first-order valence-corrected chi connectivity index (χ1v) is 17.1. The maximum absolute atomic E-state index is 13.9. The number of aromatic nitrogens is 2. The summed E-state index contributed by atoms with van der Waals surface area (Å²) in [4.78, 5) is 39.4. The van der Waals surface area contributed by atoms with Crippen LogP contribution in [0.5, 0.6) is 11.6 Å². The molecule has 6 rings (SSSR count). The van der Waals surface area contributed by atoms with Crippen LogP contribution in [0.15, 0.2) is 48.7 Å². The summed E-state index contributed by atoms with van der Waals surface area (Å²) >= 11 is 0. The number of amides is 2. The number of nitrogens with one attached hydrogen (secondary N) is 1. The Bertz CT molecular complexity index is 1730. The van der Waals surface area contributed by atoms with Crippen molar-refractivity contribution in [3.8, 4) is 29.0 Å². The van der Waals surface area contributed by atoms with Gasteiger partial charge in [-0.2, -0.15) is 5.26 Å². The highest BCUT2D eigenvalue weighted by Gasteiger charge is 2.51. The molecule has 3 fully saturated rings. The highest BCUT2D eigenvalue weighted by atomic mass is 19.1. The van der Waals surface area contributed by atoms with E-state index < -0.39 is 23.1 Å². The zero-order valence-corrected chi connectivity index (χ0v) is 29.5. The number of ether oxygens (including phenoxy) is 4. The fourth-order valence-electron chi connectivity index (χ4n) is 6.28. The highest BCUT2D eigenvalue weighted by Crippen LogP contribution is 2.41. The number of carbonyl (C=O) groups excluding carboxylic acids is 2. The van der Waals surface area contributed by atoms with E-state index in [2.05, 4.69) is 10.3 Å². The van der Waals surface area contributed by atoms with E-state index in [0.29, 0.717) is 80.8 Å². The van der Waals surface area contributed by atoms with Crippen LogP contribution in [0.1, 0.15) is 70.4 Å². The van der Waals surface area contributed by atoms with Gasteiger partial charge in [0.1, 0.15) is 34.9 Å². The second-order valence-electron chi connectivity index (χ2n) is 13.3. The van der Waals surface area contributed by atoms with Crippen molar-refractivity contribution in [1.29, 1.82) is 5.26 Å². The predicted molar refractivity (Wildman–Crippen MR) is 185 cm³/mol. The molecule has 50 heavy (non-hydrogen) atoms. The molecule has 12 nitrogen and oxygen atoms in total. The lowest BCUT2D eigenvalue weighted by atomic mass is 9.89. The summed E-state index contributed by atoms with van der Waals surface area (Å²) in [5.41, 5.74) is 1.09. The van der Waals surface area contributed by atoms with Crippen molar-refractivity contribution in [1.82, 2.24) is 20.2 Å². The van der Waals surface area contributed by atoms with Crippen LogP contribution in [0.2, 0.25) is 0 Å². The Kier molecular flexibility index (Phi) is 11.1. The van der Waals surface area contributed by atoms with E-state index in [1.807, 2.05) is 70.7 Å². The maximum atomic E-state index is 13.9. The van der Waals surface area contributed by atoms with Gasteiger partial charge in [-0.1, -0.05) is 13.8 Å². The van der Waals surface area contributed by atoms with Gasteiger partial charge in [0, 0.05) is 44.8 Å². The average molecular weight is 689 g/mol. The molecule has 1 spiro atoms. The maximum Gasteiger partial charge on any atom is 0.410 e. The monoisotopic (exact) mass is 688 g/mol. The minimum absolute atomic E-state index is 0.130. The van der Waals surface area contributed by atoms with Gasteiger partial charge in [0.2, 0.25) is 5.88 Å². The van der Waals surface area contributed by atoms with Crippen LogP contribution < -0.4 is 19.7 Å². The van der Waals surface area contributed by atoms with Crippen molar-refractivity contribution >= 4 is 17.7 Å². The number of halogens is 1. The fraction of sp³-hybridized carbons (Fsp3) is 0.486. The van der Waals surface area contributed by atoms with Crippen LogP contribution in [0.3, 0.4) is 0 Å². The molecule has 0 aliphatic carbocycles. The van der Waals surface area contributed by atoms with Crippen molar-refractivity contribution in [2.75, 3.05) is 44.3 Å². The van der Waals surface area contributed by atoms with Crippen LogP contribution >= 0.6 is 0 Å². The number of benzene rings is 1. The normalized spacial score (nSPS) is 19.2. The van der Waals surface area contributed by atoms with Crippen molar-refractivity contribution in [3.05, 3.63) is 65.7 Å². The van der Waals surface area contributed by atoms with E-state index in [1.165, 1.54) is 12.1 Å². The third-order valence-electron chi connectivity index (χ3n) is 8.42. The summed E-state index contributed by atoms with van der Waals surface area (Å²) in [7, 11) is 0. The minimum Gasteiger partial charge on any atom is -0.487 e. The van der Waals surface area contributed by atoms with E-state index in [1.54, 1.807) is 17.2 Å². The first-order chi connectivity index (χ1) is 24.0. The molecule has 2 aromatic heterocycles. The number of hydrogen-bond acceptors (Lipinski definition) is 10. The zero-order valence-electron chi connectivity index (χ0n) is 29.5. The molecule has 13 heteroatoms. The summed E-state index contributed by atoms with van der Waals surface area (Å²) in [5, 5.41) is 12.5. The van der Waals surface area contributed by atoms with Crippen molar-refractivity contribution < 1.29 is 32.9 Å². The van der Waals surface area contributed by atoms with Gasteiger partial charge in [0.15, 0.2) is 5.69 Å². The molecule has 3 aliphatic heterocycles. The topological polar surface area (TPSA) is 139 Å². The SMILES string of the molecule is CC.CCOc1ncccc1-c1ccc(N2CC3(CC(Oc4ccc(F)cc4C#N)CO3)C2)c(C(=O)N[C@@H]2CCN(C(=O)OC(C)(C)C)C2)n1. The Hall–Kier alpha value is -4.96. The van der Waals surface area contributed by atoms with Gasteiger partial charge in [-0.25, -0.2) is 19.2 Å². The fourth-order valence-corrected chi connectivity index (χ4v) is 6.28. The first kappa shape index (κ1) is 36.3. The molecule has 5 heterocycles. The number of hydrogen-bond donors (Lipinski definition) is 1. The van der Waals surface area contributed by atoms with E-state index >= 15 is 0 Å². The highest BCUT2D eigenvalue weighted by molar-refractivity contribution is 5.99. The summed E-state index contributed by atoms with van der Waals surface area (Å²) in [5.74, 6) is -0.125. The molecule has 1 unspecified atom stereocenters. The zero-order chi connectivity index (χ0) is 36.1. The Labute approximate surface area is 292 Å². The Morgan fingerprint density at radius 1 is 1.18 bits per heavy atom. The number of anilines is 1. The van der Waals surface area contributed by atoms with E-state index in [-0.39, 0.29) is 29.3 Å². The Balaban J connectivity index is 0.00000239. The summed E-state index contributed by atoms with van der Waals surface area (Å²) in [6.07, 6.45) is 2.07. The molecule has 266 valence electrons. The van der Waals surface area contributed by atoms with Gasteiger partial charge >= 0.3 is 6.09 Å². The Morgan fingerprint density at radius 3 is 2.68 bits per heavy atom. The standard InChI is InChI=1S/C35H39FN6O6.C2H6/c1-5-45-32-26(7-6-13-38-32)27-9-10-28(30(40-27)31(43)39-24-12-14-41(18-24)33(44)48-34(2,3)4)42-20-35(21-42)16-25(19-46-35)47-29-11-8-23(36)15-22(29)17-37;1-2/h6-11,13,15,24-25H,5,12,14,16,18-21H2,1-4H3,(H,39,43);1-2H3/t24-,25?;/m1./s1. The summed E-state index contributed by atoms with van der Waals surface area (Å²) in [6, 6.07) is 12.9. The van der Waals surface area contributed by atoms with Crippen molar-refractivity contribution in [3.63, 3.8) is 0 Å².